The molecule has 0 aliphatic rings. The van der Waals surface area contributed by atoms with E-state index < -0.39 is 0 Å². The molecule has 92 valence electrons. The fourth-order valence-electron chi connectivity index (χ4n) is 1.79. The molecule has 16 heavy (non-hydrogen) atoms. The van der Waals surface area contributed by atoms with E-state index in [9.17, 15) is 0 Å². The maximum absolute atomic E-state index is 5.96. The number of hydrogen-bond acceptors (Lipinski definition) is 4. The fourth-order valence-corrected chi connectivity index (χ4v) is 1.79. The average Bonchev–Trinajstić information content (AvgIpc) is 2.50. The molecular weight excluding hydrogens is 202 g/mol. The topological polar surface area (TPSA) is 64.9 Å². The van der Waals surface area contributed by atoms with E-state index in [1.165, 1.54) is 0 Å². The summed E-state index contributed by atoms with van der Waals surface area (Å²) in [4.78, 5) is 4.47. The van der Waals surface area contributed by atoms with Gasteiger partial charge in [0.1, 0.15) is 0 Å². The Hall–Kier alpha value is -0.900. The van der Waals surface area contributed by atoms with Gasteiger partial charge in [-0.25, -0.2) is 0 Å². The van der Waals surface area contributed by atoms with Gasteiger partial charge in [0.05, 0.1) is 5.92 Å². The maximum Gasteiger partial charge on any atom is 0.231 e. The second-order valence-corrected chi connectivity index (χ2v) is 5.84. The van der Waals surface area contributed by atoms with Crippen molar-refractivity contribution in [1.29, 1.82) is 0 Å². The number of rotatable bonds is 3. The maximum atomic E-state index is 5.96. The van der Waals surface area contributed by atoms with Crippen molar-refractivity contribution in [3.63, 3.8) is 0 Å². The monoisotopic (exact) mass is 225 g/mol. The molecule has 0 radical (unpaired) electrons. The van der Waals surface area contributed by atoms with Gasteiger partial charge in [0.2, 0.25) is 5.89 Å². The van der Waals surface area contributed by atoms with Gasteiger partial charge in [-0.15, -0.1) is 0 Å². The first-order valence-electron chi connectivity index (χ1n) is 5.83. The molecular formula is C12H23N3O. The SMILES string of the molecule is CC(C)C(c1nc(C(C)(C)C)no1)C(C)N. The molecule has 1 aromatic rings. The predicted octanol–water partition coefficient (Wildman–Crippen LogP) is 2.45. The lowest BCUT2D eigenvalue weighted by Gasteiger charge is -2.20. The van der Waals surface area contributed by atoms with Gasteiger partial charge < -0.3 is 10.3 Å². The molecule has 0 saturated heterocycles. The quantitative estimate of drug-likeness (QED) is 0.858. The highest BCUT2D eigenvalue weighted by molar-refractivity contribution is 5.04. The second kappa shape index (κ2) is 4.53. The van der Waals surface area contributed by atoms with E-state index in [0.29, 0.717) is 11.8 Å². The van der Waals surface area contributed by atoms with E-state index in [1.807, 2.05) is 6.92 Å². The summed E-state index contributed by atoms with van der Waals surface area (Å²) in [7, 11) is 0. The van der Waals surface area contributed by atoms with Crippen LogP contribution in [0, 0.1) is 5.92 Å². The zero-order valence-corrected chi connectivity index (χ0v) is 11.1. The summed E-state index contributed by atoms with van der Waals surface area (Å²) in [6.45, 7) is 12.4. The second-order valence-electron chi connectivity index (χ2n) is 5.84. The fraction of sp³-hybridized carbons (Fsp3) is 0.833. The van der Waals surface area contributed by atoms with Gasteiger partial charge in [-0.3, -0.25) is 0 Å². The third kappa shape index (κ3) is 2.82. The van der Waals surface area contributed by atoms with Gasteiger partial charge in [-0.1, -0.05) is 39.8 Å². The van der Waals surface area contributed by atoms with Crippen molar-refractivity contribution in [1.82, 2.24) is 10.1 Å². The Bertz CT molecular complexity index is 328. The number of hydrogen-bond donors (Lipinski definition) is 1. The lowest BCUT2D eigenvalue weighted by atomic mass is 9.89. The van der Waals surface area contributed by atoms with Crippen molar-refractivity contribution in [2.75, 3.05) is 0 Å². The van der Waals surface area contributed by atoms with Crippen LogP contribution in [0.2, 0.25) is 0 Å². The smallest absolute Gasteiger partial charge is 0.231 e. The van der Waals surface area contributed by atoms with E-state index in [4.69, 9.17) is 10.3 Å². The first-order valence-corrected chi connectivity index (χ1v) is 5.83. The van der Waals surface area contributed by atoms with Gasteiger partial charge >= 0.3 is 0 Å². The molecule has 0 aliphatic heterocycles. The highest BCUT2D eigenvalue weighted by Gasteiger charge is 2.28. The molecule has 2 N–H and O–H groups in total. The van der Waals surface area contributed by atoms with Crippen LogP contribution in [0.5, 0.6) is 0 Å². The number of aromatic nitrogens is 2. The first kappa shape index (κ1) is 13.2. The summed E-state index contributed by atoms with van der Waals surface area (Å²) >= 11 is 0. The molecule has 0 amide bonds. The first-order chi connectivity index (χ1) is 7.23. The van der Waals surface area contributed by atoms with Gasteiger partial charge in [0, 0.05) is 11.5 Å². The van der Waals surface area contributed by atoms with E-state index >= 15 is 0 Å². The standard InChI is InChI=1S/C12H23N3O/c1-7(2)9(8(3)13)10-14-11(15-16-10)12(4,5)6/h7-9H,13H2,1-6H3. The summed E-state index contributed by atoms with van der Waals surface area (Å²) in [6.07, 6.45) is 0. The molecule has 4 nitrogen and oxygen atoms in total. The summed E-state index contributed by atoms with van der Waals surface area (Å²) in [5, 5.41) is 4.03. The number of nitrogens with two attached hydrogens (primary N) is 1. The van der Waals surface area contributed by atoms with Crippen LogP contribution in [0.1, 0.15) is 59.2 Å². The third-order valence-electron chi connectivity index (χ3n) is 2.68. The molecule has 1 heterocycles. The minimum Gasteiger partial charge on any atom is -0.339 e. The Morgan fingerprint density at radius 2 is 1.75 bits per heavy atom. The molecule has 1 rings (SSSR count). The normalized spacial score (nSPS) is 16.5. The minimum atomic E-state index is -0.0822. The Labute approximate surface area is 97.6 Å². The van der Waals surface area contributed by atoms with Gasteiger partial charge in [-0.05, 0) is 12.8 Å². The minimum absolute atomic E-state index is 0.0215. The van der Waals surface area contributed by atoms with Crippen LogP contribution in [-0.4, -0.2) is 16.2 Å². The van der Waals surface area contributed by atoms with Crippen LogP contribution in [0.3, 0.4) is 0 Å². The van der Waals surface area contributed by atoms with Crippen molar-refractivity contribution >= 4 is 0 Å². The molecule has 0 saturated carbocycles. The molecule has 1 aromatic heterocycles. The summed E-state index contributed by atoms with van der Waals surface area (Å²) < 4.78 is 5.33. The highest BCUT2D eigenvalue weighted by Crippen LogP contribution is 2.28. The Kier molecular flexibility index (Phi) is 3.73. The van der Waals surface area contributed by atoms with Gasteiger partial charge in [0.25, 0.3) is 0 Å². The summed E-state index contributed by atoms with van der Waals surface area (Å²) in [5.74, 6) is 1.93. The lowest BCUT2D eigenvalue weighted by molar-refractivity contribution is 0.296. The molecule has 0 aliphatic carbocycles. The van der Waals surface area contributed by atoms with Crippen LogP contribution >= 0.6 is 0 Å². The van der Waals surface area contributed by atoms with Crippen LogP contribution < -0.4 is 5.73 Å². The van der Waals surface area contributed by atoms with Crippen LogP contribution in [0.15, 0.2) is 4.52 Å². The van der Waals surface area contributed by atoms with E-state index in [0.717, 1.165) is 5.82 Å². The van der Waals surface area contributed by atoms with Crippen molar-refractivity contribution < 1.29 is 4.52 Å². The lowest BCUT2D eigenvalue weighted by Crippen LogP contribution is -2.29. The molecule has 2 atom stereocenters. The van der Waals surface area contributed by atoms with E-state index in [2.05, 4.69) is 44.8 Å². The zero-order valence-electron chi connectivity index (χ0n) is 11.1. The Morgan fingerprint density at radius 1 is 1.19 bits per heavy atom. The van der Waals surface area contributed by atoms with Crippen molar-refractivity contribution in [2.45, 2.75) is 58.9 Å². The van der Waals surface area contributed by atoms with Gasteiger partial charge in [-0.2, -0.15) is 4.98 Å². The van der Waals surface area contributed by atoms with E-state index in [1.54, 1.807) is 0 Å². The summed E-state index contributed by atoms with van der Waals surface area (Å²) in [5.41, 5.74) is 5.88. The Morgan fingerprint density at radius 3 is 2.06 bits per heavy atom. The molecule has 0 spiro atoms. The number of nitrogens with zero attached hydrogens (tertiary/aromatic N) is 2. The van der Waals surface area contributed by atoms with Crippen LogP contribution in [0.25, 0.3) is 0 Å². The third-order valence-corrected chi connectivity index (χ3v) is 2.68. The van der Waals surface area contributed by atoms with Crippen molar-refractivity contribution in [3.8, 4) is 0 Å². The van der Waals surface area contributed by atoms with Gasteiger partial charge in [0.15, 0.2) is 5.82 Å². The van der Waals surface area contributed by atoms with Crippen molar-refractivity contribution in [2.24, 2.45) is 11.7 Å². The Balaban J connectivity index is 3.00. The highest BCUT2D eigenvalue weighted by atomic mass is 16.5. The van der Waals surface area contributed by atoms with Crippen molar-refractivity contribution in [3.05, 3.63) is 11.7 Å². The predicted molar refractivity (Wildman–Crippen MR) is 64.2 cm³/mol. The molecule has 2 unspecified atom stereocenters. The van der Waals surface area contributed by atoms with Crippen LogP contribution in [-0.2, 0) is 5.41 Å². The average molecular weight is 225 g/mol. The largest absolute Gasteiger partial charge is 0.339 e. The molecule has 0 aromatic carbocycles. The van der Waals surface area contributed by atoms with E-state index in [-0.39, 0.29) is 17.4 Å². The van der Waals surface area contributed by atoms with Crippen LogP contribution in [0.4, 0.5) is 0 Å². The molecule has 0 fully saturated rings. The zero-order chi connectivity index (χ0) is 12.5. The molecule has 4 heteroatoms. The summed E-state index contributed by atoms with van der Waals surface area (Å²) in [6, 6.07) is 0.0215. The molecule has 0 bridgehead atoms.